The first-order valence-electron chi connectivity index (χ1n) is 9.53. The molecule has 1 aliphatic carbocycles. The van der Waals surface area contributed by atoms with Crippen molar-refractivity contribution in [3.05, 3.63) is 36.8 Å². The molecule has 5 rings (SSSR count). The fraction of sp³-hybridized carbons (Fsp3) is 0.350. The lowest BCUT2D eigenvalue weighted by atomic mass is 9.93. The number of anilines is 1. The standard InChI is InChI=1S/C20H22N6O2/c1-28-19-17-16(12-7-9-26-14(10-12)6-8-22-26)11-21-18(17)24-20(25-19)23-13-2-4-15(27)5-3-13/h6-11,13,15,27H,2-5H2,1H3,(H2,21,23,24,25). The molecule has 1 aliphatic rings. The molecule has 8 heteroatoms. The molecule has 144 valence electrons. The summed E-state index contributed by atoms with van der Waals surface area (Å²) < 4.78 is 7.43. The molecule has 0 bridgehead atoms. The number of aliphatic hydroxyl groups excluding tert-OH is 1. The van der Waals surface area contributed by atoms with E-state index >= 15 is 0 Å². The Morgan fingerprint density at radius 1 is 1.21 bits per heavy atom. The number of rotatable bonds is 4. The summed E-state index contributed by atoms with van der Waals surface area (Å²) in [5.74, 6) is 1.08. The van der Waals surface area contributed by atoms with Gasteiger partial charge in [-0.2, -0.15) is 15.1 Å². The SMILES string of the molecule is COc1nc(NC2CCC(O)CC2)nc2[nH]cc(-c3ccn4nccc4c3)c12. The average molecular weight is 378 g/mol. The summed E-state index contributed by atoms with van der Waals surface area (Å²) in [6, 6.07) is 6.33. The number of H-pyrrole nitrogens is 1. The van der Waals surface area contributed by atoms with E-state index in [1.165, 1.54) is 0 Å². The minimum absolute atomic E-state index is 0.185. The number of nitrogens with zero attached hydrogens (tertiary/aromatic N) is 4. The first kappa shape index (κ1) is 17.0. The molecule has 8 nitrogen and oxygen atoms in total. The molecule has 4 heterocycles. The van der Waals surface area contributed by atoms with Crippen molar-refractivity contribution in [1.82, 2.24) is 24.6 Å². The lowest BCUT2D eigenvalue weighted by molar-refractivity contribution is 0.126. The topological polar surface area (TPSA) is 100 Å². The van der Waals surface area contributed by atoms with Crippen LogP contribution in [0.4, 0.5) is 5.95 Å². The van der Waals surface area contributed by atoms with Crippen LogP contribution in [0.15, 0.2) is 36.8 Å². The highest BCUT2D eigenvalue weighted by molar-refractivity contribution is 5.98. The molecule has 28 heavy (non-hydrogen) atoms. The first-order chi connectivity index (χ1) is 13.7. The molecule has 0 unspecified atom stereocenters. The van der Waals surface area contributed by atoms with E-state index in [1.54, 1.807) is 13.3 Å². The monoisotopic (exact) mass is 378 g/mol. The van der Waals surface area contributed by atoms with E-state index in [-0.39, 0.29) is 12.1 Å². The van der Waals surface area contributed by atoms with Gasteiger partial charge in [-0.3, -0.25) is 0 Å². The highest BCUT2D eigenvalue weighted by atomic mass is 16.5. The van der Waals surface area contributed by atoms with Gasteiger partial charge >= 0.3 is 0 Å². The van der Waals surface area contributed by atoms with Gasteiger partial charge in [0.2, 0.25) is 11.8 Å². The predicted molar refractivity (Wildman–Crippen MR) is 107 cm³/mol. The van der Waals surface area contributed by atoms with Crippen LogP contribution in [0.2, 0.25) is 0 Å². The van der Waals surface area contributed by atoms with Crippen molar-refractivity contribution in [2.45, 2.75) is 37.8 Å². The Morgan fingerprint density at radius 2 is 2.07 bits per heavy atom. The normalized spacial score (nSPS) is 19.9. The lowest BCUT2D eigenvalue weighted by Gasteiger charge is -2.26. The summed E-state index contributed by atoms with van der Waals surface area (Å²) >= 11 is 0. The highest BCUT2D eigenvalue weighted by Gasteiger charge is 2.21. The Balaban J connectivity index is 1.52. The second-order valence-corrected chi connectivity index (χ2v) is 7.25. The zero-order valence-corrected chi connectivity index (χ0v) is 15.6. The van der Waals surface area contributed by atoms with Gasteiger partial charge in [0, 0.05) is 30.2 Å². The fourth-order valence-electron chi connectivity index (χ4n) is 3.93. The van der Waals surface area contributed by atoms with Crippen LogP contribution in [0.3, 0.4) is 0 Å². The van der Waals surface area contributed by atoms with E-state index in [0.29, 0.717) is 11.8 Å². The van der Waals surface area contributed by atoms with Crippen molar-refractivity contribution >= 4 is 22.5 Å². The van der Waals surface area contributed by atoms with Crippen LogP contribution in [-0.2, 0) is 0 Å². The lowest BCUT2D eigenvalue weighted by Crippen LogP contribution is -2.29. The maximum absolute atomic E-state index is 9.69. The summed E-state index contributed by atoms with van der Waals surface area (Å²) in [6.45, 7) is 0. The van der Waals surface area contributed by atoms with Crippen LogP contribution < -0.4 is 10.1 Å². The number of ether oxygens (including phenoxy) is 1. The number of hydrogen-bond donors (Lipinski definition) is 3. The molecular formula is C20H22N6O2. The number of pyridine rings is 1. The molecule has 0 aromatic carbocycles. The van der Waals surface area contributed by atoms with Gasteiger partial charge in [0.25, 0.3) is 0 Å². The zero-order chi connectivity index (χ0) is 19.1. The summed E-state index contributed by atoms with van der Waals surface area (Å²) in [5.41, 5.74) is 3.78. The van der Waals surface area contributed by atoms with Gasteiger partial charge in [-0.1, -0.05) is 0 Å². The van der Waals surface area contributed by atoms with Crippen molar-refractivity contribution < 1.29 is 9.84 Å². The highest BCUT2D eigenvalue weighted by Crippen LogP contribution is 2.35. The smallest absolute Gasteiger partial charge is 0.228 e. The maximum atomic E-state index is 9.69. The van der Waals surface area contributed by atoms with Gasteiger partial charge in [-0.15, -0.1) is 0 Å². The zero-order valence-electron chi connectivity index (χ0n) is 15.6. The van der Waals surface area contributed by atoms with E-state index < -0.39 is 0 Å². The molecule has 0 saturated heterocycles. The van der Waals surface area contributed by atoms with Crippen molar-refractivity contribution in [3.63, 3.8) is 0 Å². The van der Waals surface area contributed by atoms with Crippen molar-refractivity contribution in [2.24, 2.45) is 0 Å². The Labute approximate surface area is 161 Å². The van der Waals surface area contributed by atoms with Gasteiger partial charge in [-0.25, -0.2) is 4.52 Å². The maximum Gasteiger partial charge on any atom is 0.228 e. The van der Waals surface area contributed by atoms with Crippen LogP contribution in [0, 0.1) is 0 Å². The Kier molecular flexibility index (Phi) is 4.12. The van der Waals surface area contributed by atoms with Gasteiger partial charge < -0.3 is 20.1 Å². The molecule has 4 aromatic heterocycles. The molecule has 0 spiro atoms. The van der Waals surface area contributed by atoms with Crippen LogP contribution >= 0.6 is 0 Å². The molecule has 0 radical (unpaired) electrons. The summed E-state index contributed by atoms with van der Waals surface area (Å²) in [4.78, 5) is 12.5. The second-order valence-electron chi connectivity index (χ2n) is 7.25. The van der Waals surface area contributed by atoms with Gasteiger partial charge in [0.1, 0.15) is 5.65 Å². The Bertz CT molecular complexity index is 1130. The molecular weight excluding hydrogens is 356 g/mol. The predicted octanol–water partition coefficient (Wildman–Crippen LogP) is 3.00. The quantitative estimate of drug-likeness (QED) is 0.505. The number of aromatic amines is 1. The third-order valence-electron chi connectivity index (χ3n) is 5.43. The molecule has 0 aliphatic heterocycles. The average Bonchev–Trinajstić information content (AvgIpc) is 3.35. The number of fused-ring (bicyclic) bond motifs is 2. The van der Waals surface area contributed by atoms with Crippen LogP contribution in [0.5, 0.6) is 5.88 Å². The molecule has 3 N–H and O–H groups in total. The van der Waals surface area contributed by atoms with Crippen molar-refractivity contribution in [3.8, 4) is 17.0 Å². The summed E-state index contributed by atoms with van der Waals surface area (Å²) in [6.07, 6.45) is 8.89. The fourth-order valence-corrected chi connectivity index (χ4v) is 3.93. The number of aliphatic hydroxyl groups is 1. The van der Waals surface area contributed by atoms with Gasteiger partial charge in [-0.05, 0) is 49.4 Å². The minimum Gasteiger partial charge on any atom is -0.480 e. The van der Waals surface area contributed by atoms with Crippen LogP contribution in [0.1, 0.15) is 25.7 Å². The molecule has 0 amide bonds. The molecule has 1 fully saturated rings. The van der Waals surface area contributed by atoms with E-state index in [1.807, 2.05) is 29.0 Å². The summed E-state index contributed by atoms with van der Waals surface area (Å²) in [7, 11) is 1.62. The van der Waals surface area contributed by atoms with E-state index in [2.05, 4.69) is 31.4 Å². The number of nitrogens with one attached hydrogen (secondary N) is 2. The van der Waals surface area contributed by atoms with Crippen LogP contribution in [0.25, 0.3) is 27.7 Å². The van der Waals surface area contributed by atoms with Crippen molar-refractivity contribution in [2.75, 3.05) is 12.4 Å². The Hall–Kier alpha value is -3.13. The number of aromatic nitrogens is 5. The third kappa shape index (κ3) is 2.95. The summed E-state index contributed by atoms with van der Waals surface area (Å²) in [5, 5.41) is 18.2. The first-order valence-corrected chi connectivity index (χ1v) is 9.53. The largest absolute Gasteiger partial charge is 0.480 e. The van der Waals surface area contributed by atoms with Gasteiger partial charge in [0.05, 0.1) is 24.1 Å². The Morgan fingerprint density at radius 3 is 2.89 bits per heavy atom. The van der Waals surface area contributed by atoms with Crippen LogP contribution in [-0.4, -0.2) is 48.9 Å². The van der Waals surface area contributed by atoms with Gasteiger partial charge in [0.15, 0.2) is 0 Å². The third-order valence-corrected chi connectivity index (χ3v) is 5.43. The molecule has 1 saturated carbocycles. The molecule has 4 aromatic rings. The van der Waals surface area contributed by atoms with E-state index in [4.69, 9.17) is 4.74 Å². The second kappa shape index (κ2) is 6.79. The van der Waals surface area contributed by atoms with Crippen molar-refractivity contribution in [1.29, 1.82) is 0 Å². The molecule has 0 atom stereocenters. The minimum atomic E-state index is -0.185. The van der Waals surface area contributed by atoms with E-state index in [9.17, 15) is 5.11 Å². The number of hydrogen-bond acceptors (Lipinski definition) is 6. The number of methoxy groups -OCH3 is 1. The van der Waals surface area contributed by atoms with E-state index in [0.717, 1.165) is 53.4 Å².